The quantitative estimate of drug-likeness (QED) is 0.914. The Morgan fingerprint density at radius 1 is 1.14 bits per heavy atom. The van der Waals surface area contributed by atoms with Crippen LogP contribution in [0.1, 0.15) is 11.1 Å². The minimum absolute atomic E-state index is 0.229. The molecule has 1 aliphatic heterocycles. The van der Waals surface area contributed by atoms with Crippen molar-refractivity contribution in [3.8, 4) is 0 Å². The van der Waals surface area contributed by atoms with Gasteiger partial charge < -0.3 is 19.9 Å². The van der Waals surface area contributed by atoms with E-state index >= 15 is 0 Å². The Morgan fingerprint density at radius 3 is 2.41 bits per heavy atom. The molecule has 1 aromatic carbocycles. The van der Waals surface area contributed by atoms with Crippen LogP contribution in [-0.2, 0) is 9.53 Å². The summed E-state index contributed by atoms with van der Waals surface area (Å²) in [6, 6.07) is 6.41. The van der Waals surface area contributed by atoms with Crippen LogP contribution in [0.2, 0.25) is 0 Å². The van der Waals surface area contributed by atoms with Gasteiger partial charge in [0.15, 0.2) is 6.61 Å². The Hall–Kier alpha value is -2.24. The molecule has 1 heterocycles. The summed E-state index contributed by atoms with van der Waals surface area (Å²) in [5, 5.41) is 2.42. The van der Waals surface area contributed by atoms with E-state index in [-0.39, 0.29) is 12.5 Å². The van der Waals surface area contributed by atoms with Crippen molar-refractivity contribution < 1.29 is 14.3 Å². The molecule has 0 spiro atoms. The third-order valence-electron chi connectivity index (χ3n) is 4.00. The first-order chi connectivity index (χ1) is 10.5. The van der Waals surface area contributed by atoms with E-state index in [9.17, 15) is 9.59 Å². The molecule has 120 valence electrons. The second-order valence-corrected chi connectivity index (χ2v) is 5.47. The highest BCUT2D eigenvalue weighted by atomic mass is 16.6. The van der Waals surface area contributed by atoms with Gasteiger partial charge in [-0.25, -0.2) is 4.79 Å². The molecule has 2 amide bonds. The predicted octanol–water partition coefficient (Wildman–Crippen LogP) is 1.31. The van der Waals surface area contributed by atoms with Gasteiger partial charge in [-0.15, -0.1) is 0 Å². The van der Waals surface area contributed by atoms with Crippen molar-refractivity contribution in [1.82, 2.24) is 10.2 Å². The standard InChI is InChI=1S/C16H23N3O3/c1-12-4-5-14(10-13(12)2)18-6-8-19(9-7-18)16(21)22-11-15(20)17-3/h4-5,10H,6-9,11H2,1-3H3,(H,17,20). The molecule has 0 atom stereocenters. The number of hydrogen-bond donors (Lipinski definition) is 1. The molecule has 6 heteroatoms. The number of amides is 2. The number of carbonyl (C=O) groups is 2. The zero-order valence-electron chi connectivity index (χ0n) is 13.4. The number of nitrogens with zero attached hydrogens (tertiary/aromatic N) is 2. The van der Waals surface area contributed by atoms with E-state index in [1.165, 1.54) is 23.9 Å². The minimum atomic E-state index is -0.427. The monoisotopic (exact) mass is 305 g/mol. The third-order valence-corrected chi connectivity index (χ3v) is 4.00. The van der Waals surface area contributed by atoms with Gasteiger partial charge >= 0.3 is 6.09 Å². The van der Waals surface area contributed by atoms with Gasteiger partial charge in [-0.2, -0.15) is 0 Å². The van der Waals surface area contributed by atoms with E-state index in [4.69, 9.17) is 4.74 Å². The normalized spacial score (nSPS) is 14.7. The van der Waals surface area contributed by atoms with Gasteiger partial charge in [0.05, 0.1) is 0 Å². The van der Waals surface area contributed by atoms with Crippen LogP contribution in [0.5, 0.6) is 0 Å². The molecule has 6 nitrogen and oxygen atoms in total. The number of nitrogens with one attached hydrogen (secondary N) is 1. The van der Waals surface area contributed by atoms with Gasteiger partial charge in [0.2, 0.25) is 0 Å². The van der Waals surface area contributed by atoms with Gasteiger partial charge in [-0.1, -0.05) is 6.07 Å². The van der Waals surface area contributed by atoms with Crippen molar-refractivity contribution in [1.29, 1.82) is 0 Å². The maximum absolute atomic E-state index is 11.9. The zero-order chi connectivity index (χ0) is 16.1. The van der Waals surface area contributed by atoms with Crippen molar-refractivity contribution in [3.63, 3.8) is 0 Å². The number of carbonyl (C=O) groups excluding carboxylic acids is 2. The van der Waals surface area contributed by atoms with E-state index in [1.807, 2.05) is 0 Å². The van der Waals surface area contributed by atoms with Crippen molar-refractivity contribution in [2.45, 2.75) is 13.8 Å². The van der Waals surface area contributed by atoms with Crippen LogP contribution >= 0.6 is 0 Å². The molecule has 2 rings (SSSR count). The number of piperazine rings is 1. The van der Waals surface area contributed by atoms with Gasteiger partial charge in [0.25, 0.3) is 5.91 Å². The summed E-state index contributed by atoms with van der Waals surface area (Å²) in [5.74, 6) is -0.304. The van der Waals surface area contributed by atoms with Crippen LogP contribution in [0.4, 0.5) is 10.5 Å². The Kier molecular flexibility index (Phi) is 5.25. The molecule has 0 aromatic heterocycles. The summed E-state index contributed by atoms with van der Waals surface area (Å²) in [5.41, 5.74) is 3.73. The largest absolute Gasteiger partial charge is 0.439 e. The lowest BCUT2D eigenvalue weighted by Gasteiger charge is -2.35. The Labute approximate surface area is 131 Å². The van der Waals surface area contributed by atoms with Gasteiger partial charge in [-0.3, -0.25) is 4.79 Å². The summed E-state index contributed by atoms with van der Waals surface area (Å²) < 4.78 is 4.97. The highest BCUT2D eigenvalue weighted by Gasteiger charge is 2.22. The molecule has 0 aliphatic carbocycles. The van der Waals surface area contributed by atoms with Gasteiger partial charge in [0.1, 0.15) is 0 Å². The van der Waals surface area contributed by atoms with E-state index < -0.39 is 6.09 Å². The van der Waals surface area contributed by atoms with Crippen molar-refractivity contribution in [3.05, 3.63) is 29.3 Å². The number of likely N-dealkylation sites (N-methyl/N-ethyl adjacent to an activating group) is 1. The minimum Gasteiger partial charge on any atom is -0.439 e. The summed E-state index contributed by atoms with van der Waals surface area (Å²) in [4.78, 5) is 26.8. The topological polar surface area (TPSA) is 61.9 Å². The van der Waals surface area contributed by atoms with Crippen LogP contribution in [0.3, 0.4) is 0 Å². The second kappa shape index (κ2) is 7.15. The van der Waals surface area contributed by atoms with Crippen LogP contribution in [0.25, 0.3) is 0 Å². The summed E-state index contributed by atoms with van der Waals surface area (Å²) in [6.45, 7) is 6.69. The lowest BCUT2D eigenvalue weighted by molar-refractivity contribution is -0.123. The van der Waals surface area contributed by atoms with E-state index in [2.05, 4.69) is 42.3 Å². The molecule has 1 N–H and O–H groups in total. The van der Waals surface area contributed by atoms with Crippen molar-refractivity contribution in [2.24, 2.45) is 0 Å². The lowest BCUT2D eigenvalue weighted by atomic mass is 10.1. The molecular formula is C16H23N3O3. The SMILES string of the molecule is CNC(=O)COC(=O)N1CCN(c2ccc(C)c(C)c2)CC1. The molecule has 0 bridgehead atoms. The summed E-state index contributed by atoms with van der Waals surface area (Å²) in [6.07, 6.45) is -0.427. The molecule has 0 saturated carbocycles. The average Bonchev–Trinajstić information content (AvgIpc) is 2.55. The summed E-state index contributed by atoms with van der Waals surface area (Å²) in [7, 11) is 1.51. The average molecular weight is 305 g/mol. The van der Waals surface area contributed by atoms with Crippen molar-refractivity contribution in [2.75, 3.05) is 44.7 Å². The molecule has 0 radical (unpaired) electrons. The maximum atomic E-state index is 11.9. The molecule has 1 aliphatic rings. The number of aryl methyl sites for hydroxylation is 2. The van der Waals surface area contributed by atoms with Crippen LogP contribution in [0, 0.1) is 13.8 Å². The molecular weight excluding hydrogens is 282 g/mol. The second-order valence-electron chi connectivity index (χ2n) is 5.47. The van der Waals surface area contributed by atoms with Crippen LogP contribution < -0.4 is 10.2 Å². The van der Waals surface area contributed by atoms with Crippen LogP contribution in [0.15, 0.2) is 18.2 Å². The number of benzene rings is 1. The van der Waals surface area contributed by atoms with E-state index in [0.717, 1.165) is 13.1 Å². The number of ether oxygens (including phenoxy) is 1. The molecule has 0 unspecified atom stereocenters. The van der Waals surface area contributed by atoms with Crippen LogP contribution in [-0.4, -0.2) is 56.7 Å². The first-order valence-electron chi connectivity index (χ1n) is 7.45. The molecule has 1 aromatic rings. The number of anilines is 1. The maximum Gasteiger partial charge on any atom is 0.410 e. The molecule has 22 heavy (non-hydrogen) atoms. The Morgan fingerprint density at radius 2 is 1.82 bits per heavy atom. The smallest absolute Gasteiger partial charge is 0.410 e. The predicted molar refractivity (Wildman–Crippen MR) is 85.1 cm³/mol. The number of rotatable bonds is 3. The molecule has 1 fully saturated rings. The van der Waals surface area contributed by atoms with E-state index in [1.54, 1.807) is 4.90 Å². The van der Waals surface area contributed by atoms with Gasteiger partial charge in [-0.05, 0) is 37.1 Å². The highest BCUT2D eigenvalue weighted by molar-refractivity contribution is 5.79. The molecule has 1 saturated heterocycles. The van der Waals surface area contributed by atoms with Gasteiger partial charge in [0, 0.05) is 38.9 Å². The fourth-order valence-electron chi connectivity index (χ4n) is 2.36. The Bertz CT molecular complexity index is 552. The summed E-state index contributed by atoms with van der Waals surface area (Å²) >= 11 is 0. The highest BCUT2D eigenvalue weighted by Crippen LogP contribution is 2.20. The fraction of sp³-hybridized carbons (Fsp3) is 0.500. The first kappa shape index (κ1) is 16.1. The Balaban J connectivity index is 1.86. The fourth-order valence-corrected chi connectivity index (χ4v) is 2.36. The lowest BCUT2D eigenvalue weighted by Crippen LogP contribution is -2.49. The first-order valence-corrected chi connectivity index (χ1v) is 7.45. The number of hydrogen-bond acceptors (Lipinski definition) is 4. The third kappa shape index (κ3) is 3.90. The zero-order valence-corrected chi connectivity index (χ0v) is 13.4. The van der Waals surface area contributed by atoms with Crippen molar-refractivity contribution >= 4 is 17.7 Å². The van der Waals surface area contributed by atoms with E-state index in [0.29, 0.717) is 13.1 Å².